The summed E-state index contributed by atoms with van der Waals surface area (Å²) in [6, 6.07) is 0.401. The zero-order valence-corrected chi connectivity index (χ0v) is 8.77. The lowest BCUT2D eigenvalue weighted by atomic mass is 9.73. The first-order valence-electron chi connectivity index (χ1n) is 5.27. The van der Waals surface area contributed by atoms with Crippen molar-refractivity contribution in [2.45, 2.75) is 58.9 Å². The van der Waals surface area contributed by atoms with E-state index in [4.69, 9.17) is 5.73 Å². The van der Waals surface area contributed by atoms with Crippen LogP contribution >= 0.6 is 0 Å². The van der Waals surface area contributed by atoms with Crippen molar-refractivity contribution < 1.29 is 0 Å². The summed E-state index contributed by atoms with van der Waals surface area (Å²) < 4.78 is 0. The SMILES string of the molecule is CC(C)(C)[C@H](N)C1CCCCC1. The van der Waals surface area contributed by atoms with Gasteiger partial charge in [-0.15, -0.1) is 0 Å². The molecule has 1 aliphatic rings. The molecule has 0 unspecified atom stereocenters. The van der Waals surface area contributed by atoms with Gasteiger partial charge in [0.2, 0.25) is 0 Å². The fourth-order valence-electron chi connectivity index (χ4n) is 2.20. The minimum atomic E-state index is 0.294. The molecule has 0 aliphatic heterocycles. The van der Waals surface area contributed by atoms with Gasteiger partial charge in [0.15, 0.2) is 0 Å². The van der Waals surface area contributed by atoms with E-state index < -0.39 is 0 Å². The maximum absolute atomic E-state index is 6.23. The van der Waals surface area contributed by atoms with E-state index in [9.17, 15) is 0 Å². The first-order chi connectivity index (χ1) is 5.52. The van der Waals surface area contributed by atoms with Crippen LogP contribution < -0.4 is 5.73 Å². The van der Waals surface area contributed by atoms with Gasteiger partial charge in [-0.05, 0) is 24.2 Å². The standard InChI is InChI=1S/C11H23N/c1-11(2,3)10(12)9-7-5-4-6-8-9/h9-10H,4-8,12H2,1-3H3/t10-/m1/s1. The summed E-state index contributed by atoms with van der Waals surface area (Å²) in [4.78, 5) is 0. The molecular formula is C11H23N. The van der Waals surface area contributed by atoms with Crippen molar-refractivity contribution >= 4 is 0 Å². The molecule has 2 N–H and O–H groups in total. The van der Waals surface area contributed by atoms with E-state index in [1.54, 1.807) is 0 Å². The third kappa shape index (κ3) is 2.48. The summed E-state index contributed by atoms with van der Waals surface area (Å²) in [5.74, 6) is 0.791. The van der Waals surface area contributed by atoms with Gasteiger partial charge in [-0.25, -0.2) is 0 Å². The average Bonchev–Trinajstić information content (AvgIpc) is 2.03. The Bertz CT molecular complexity index is 128. The minimum Gasteiger partial charge on any atom is -0.327 e. The van der Waals surface area contributed by atoms with Crippen LogP contribution in [0.15, 0.2) is 0 Å². The maximum Gasteiger partial charge on any atom is 0.0116 e. The smallest absolute Gasteiger partial charge is 0.0116 e. The van der Waals surface area contributed by atoms with Crippen molar-refractivity contribution in [2.75, 3.05) is 0 Å². The lowest BCUT2D eigenvalue weighted by Gasteiger charge is -2.36. The Balaban J connectivity index is 2.45. The molecule has 0 radical (unpaired) electrons. The molecule has 1 rings (SSSR count). The van der Waals surface area contributed by atoms with Crippen LogP contribution in [0.1, 0.15) is 52.9 Å². The molecule has 1 fully saturated rings. The lowest BCUT2D eigenvalue weighted by Crippen LogP contribution is -2.42. The summed E-state index contributed by atoms with van der Waals surface area (Å²) in [7, 11) is 0. The van der Waals surface area contributed by atoms with Crippen LogP contribution in [0, 0.1) is 11.3 Å². The van der Waals surface area contributed by atoms with Crippen LogP contribution in [-0.2, 0) is 0 Å². The highest BCUT2D eigenvalue weighted by atomic mass is 14.7. The van der Waals surface area contributed by atoms with Crippen molar-refractivity contribution in [1.82, 2.24) is 0 Å². The fourth-order valence-corrected chi connectivity index (χ4v) is 2.20. The number of rotatable bonds is 1. The van der Waals surface area contributed by atoms with Gasteiger partial charge in [-0.3, -0.25) is 0 Å². The first-order valence-corrected chi connectivity index (χ1v) is 5.27. The third-order valence-electron chi connectivity index (χ3n) is 3.16. The second-order valence-corrected chi connectivity index (χ2v) is 5.29. The quantitative estimate of drug-likeness (QED) is 0.641. The van der Waals surface area contributed by atoms with Crippen LogP contribution in [0.2, 0.25) is 0 Å². The van der Waals surface area contributed by atoms with Crippen molar-refractivity contribution in [3.8, 4) is 0 Å². The molecule has 0 bridgehead atoms. The second kappa shape index (κ2) is 3.78. The van der Waals surface area contributed by atoms with E-state index in [2.05, 4.69) is 20.8 Å². The van der Waals surface area contributed by atoms with Crippen molar-refractivity contribution in [3.63, 3.8) is 0 Å². The number of hydrogen-bond donors (Lipinski definition) is 1. The van der Waals surface area contributed by atoms with Gasteiger partial charge in [0.1, 0.15) is 0 Å². The molecule has 0 heterocycles. The highest BCUT2D eigenvalue weighted by molar-refractivity contribution is 4.85. The molecular weight excluding hydrogens is 146 g/mol. The minimum absolute atomic E-state index is 0.294. The molecule has 0 aromatic rings. The van der Waals surface area contributed by atoms with Gasteiger partial charge in [-0.2, -0.15) is 0 Å². The Hall–Kier alpha value is -0.0400. The summed E-state index contributed by atoms with van der Waals surface area (Å²) in [5.41, 5.74) is 6.52. The highest BCUT2D eigenvalue weighted by Gasteiger charge is 2.29. The van der Waals surface area contributed by atoms with Crippen LogP contribution in [0.3, 0.4) is 0 Å². The molecule has 72 valence electrons. The predicted molar refractivity (Wildman–Crippen MR) is 54.0 cm³/mol. The lowest BCUT2D eigenvalue weighted by molar-refractivity contribution is 0.194. The summed E-state index contributed by atoms with van der Waals surface area (Å²) in [5, 5.41) is 0. The zero-order valence-electron chi connectivity index (χ0n) is 8.77. The van der Waals surface area contributed by atoms with Crippen LogP contribution in [0.4, 0.5) is 0 Å². The summed E-state index contributed by atoms with van der Waals surface area (Å²) >= 11 is 0. The largest absolute Gasteiger partial charge is 0.327 e. The van der Waals surface area contributed by atoms with E-state index in [0.29, 0.717) is 11.5 Å². The van der Waals surface area contributed by atoms with Crippen molar-refractivity contribution in [1.29, 1.82) is 0 Å². The van der Waals surface area contributed by atoms with Crippen LogP contribution in [0.25, 0.3) is 0 Å². The van der Waals surface area contributed by atoms with E-state index in [1.165, 1.54) is 32.1 Å². The van der Waals surface area contributed by atoms with Crippen LogP contribution in [-0.4, -0.2) is 6.04 Å². The Kier molecular flexibility index (Phi) is 3.16. The summed E-state index contributed by atoms with van der Waals surface area (Å²) in [6.07, 6.45) is 6.94. The molecule has 1 atom stereocenters. The summed E-state index contributed by atoms with van der Waals surface area (Å²) in [6.45, 7) is 6.77. The molecule has 0 saturated heterocycles. The fraction of sp³-hybridized carbons (Fsp3) is 1.00. The third-order valence-corrected chi connectivity index (χ3v) is 3.16. The molecule has 1 saturated carbocycles. The average molecular weight is 169 g/mol. The molecule has 0 aromatic heterocycles. The zero-order chi connectivity index (χ0) is 9.19. The Morgan fingerprint density at radius 2 is 1.58 bits per heavy atom. The first kappa shape index (κ1) is 10.0. The highest BCUT2D eigenvalue weighted by Crippen LogP contribution is 2.33. The van der Waals surface area contributed by atoms with Gasteiger partial charge in [0.05, 0.1) is 0 Å². The second-order valence-electron chi connectivity index (χ2n) is 5.29. The molecule has 0 amide bonds. The number of nitrogens with two attached hydrogens (primary N) is 1. The van der Waals surface area contributed by atoms with Gasteiger partial charge < -0.3 is 5.73 Å². The monoisotopic (exact) mass is 169 g/mol. The molecule has 1 nitrogen and oxygen atoms in total. The van der Waals surface area contributed by atoms with Crippen LogP contribution in [0.5, 0.6) is 0 Å². The maximum atomic E-state index is 6.23. The normalized spacial score (nSPS) is 24.0. The Morgan fingerprint density at radius 3 is 2.00 bits per heavy atom. The van der Waals surface area contributed by atoms with Gasteiger partial charge >= 0.3 is 0 Å². The number of hydrogen-bond acceptors (Lipinski definition) is 1. The van der Waals surface area contributed by atoms with Gasteiger partial charge in [0.25, 0.3) is 0 Å². The molecule has 0 aromatic carbocycles. The van der Waals surface area contributed by atoms with E-state index in [1.807, 2.05) is 0 Å². The van der Waals surface area contributed by atoms with E-state index in [-0.39, 0.29) is 0 Å². The molecule has 12 heavy (non-hydrogen) atoms. The molecule has 1 heteroatoms. The van der Waals surface area contributed by atoms with Crippen molar-refractivity contribution in [3.05, 3.63) is 0 Å². The van der Waals surface area contributed by atoms with Gasteiger partial charge in [0, 0.05) is 6.04 Å². The molecule has 1 aliphatic carbocycles. The Labute approximate surface area is 76.7 Å². The topological polar surface area (TPSA) is 26.0 Å². The van der Waals surface area contributed by atoms with Gasteiger partial charge in [-0.1, -0.05) is 40.0 Å². The Morgan fingerprint density at radius 1 is 1.08 bits per heavy atom. The molecule has 0 spiro atoms. The predicted octanol–water partition coefficient (Wildman–Crippen LogP) is 2.94. The van der Waals surface area contributed by atoms with Crippen molar-refractivity contribution in [2.24, 2.45) is 17.1 Å². The van der Waals surface area contributed by atoms with E-state index in [0.717, 1.165) is 5.92 Å². The van der Waals surface area contributed by atoms with E-state index >= 15 is 0 Å².